The number of benzene rings is 1. The van der Waals surface area contributed by atoms with Crippen LogP contribution in [0.4, 0.5) is 5.69 Å². The second kappa shape index (κ2) is 4.19. The number of sulfonamides is 1. The molecule has 0 saturated heterocycles. The molecule has 14 heavy (non-hydrogen) atoms. The molecule has 0 amide bonds. The van der Waals surface area contributed by atoms with Crippen LogP contribution in [0.1, 0.15) is 12.5 Å². The third-order valence-corrected chi connectivity index (χ3v) is 2.57. The molecule has 0 aliphatic heterocycles. The Kier molecular flexibility index (Phi) is 3.39. The molecule has 0 fully saturated rings. The summed E-state index contributed by atoms with van der Waals surface area (Å²) in [6.45, 7) is 1.94. The maximum Gasteiger partial charge on any atom is 0.229 e. The molecular weight excluding hydrogens is 222 g/mol. The number of halogens is 1. The maximum atomic E-state index is 11.0. The average molecular weight is 234 g/mol. The number of rotatable bonds is 3. The Morgan fingerprint density at radius 3 is 2.57 bits per heavy atom. The van der Waals surface area contributed by atoms with Gasteiger partial charge in [0, 0.05) is 5.02 Å². The van der Waals surface area contributed by atoms with Crippen LogP contribution >= 0.6 is 11.6 Å². The fraction of sp³-hybridized carbons (Fsp3) is 0.333. The molecule has 78 valence electrons. The van der Waals surface area contributed by atoms with E-state index in [1.807, 2.05) is 6.92 Å². The largest absolute Gasteiger partial charge is 0.284 e. The first kappa shape index (κ1) is 11.3. The van der Waals surface area contributed by atoms with E-state index in [0.717, 1.165) is 18.2 Å². The maximum absolute atomic E-state index is 11.0. The molecule has 0 aliphatic carbocycles. The number of anilines is 1. The van der Waals surface area contributed by atoms with Crippen LogP contribution in [0.3, 0.4) is 0 Å². The van der Waals surface area contributed by atoms with Gasteiger partial charge in [-0.2, -0.15) is 0 Å². The molecule has 1 rings (SSSR count). The molecule has 0 atom stereocenters. The molecule has 0 heterocycles. The van der Waals surface area contributed by atoms with Crippen molar-refractivity contribution in [3.8, 4) is 0 Å². The lowest BCUT2D eigenvalue weighted by atomic mass is 10.1. The van der Waals surface area contributed by atoms with Gasteiger partial charge in [0.1, 0.15) is 0 Å². The predicted octanol–water partition coefficient (Wildman–Crippen LogP) is 2.27. The van der Waals surface area contributed by atoms with Gasteiger partial charge < -0.3 is 0 Å². The van der Waals surface area contributed by atoms with Crippen LogP contribution in [0, 0.1) is 0 Å². The van der Waals surface area contributed by atoms with Crippen LogP contribution in [0.5, 0.6) is 0 Å². The first-order valence-corrected chi connectivity index (χ1v) is 6.45. The summed E-state index contributed by atoms with van der Waals surface area (Å²) in [4.78, 5) is 0. The SMILES string of the molecule is CCc1cc(Cl)ccc1NS(C)(=O)=O. The highest BCUT2D eigenvalue weighted by Crippen LogP contribution is 2.21. The fourth-order valence-electron chi connectivity index (χ4n) is 1.15. The van der Waals surface area contributed by atoms with Gasteiger partial charge in [-0.1, -0.05) is 18.5 Å². The molecular formula is C9H12ClNO2S. The van der Waals surface area contributed by atoms with E-state index in [1.165, 1.54) is 0 Å². The highest BCUT2D eigenvalue weighted by molar-refractivity contribution is 7.92. The molecule has 0 saturated carbocycles. The van der Waals surface area contributed by atoms with Gasteiger partial charge in [-0.05, 0) is 30.2 Å². The quantitative estimate of drug-likeness (QED) is 0.871. The van der Waals surface area contributed by atoms with Crippen molar-refractivity contribution in [1.29, 1.82) is 0 Å². The van der Waals surface area contributed by atoms with Crippen LogP contribution in [0.2, 0.25) is 5.02 Å². The zero-order chi connectivity index (χ0) is 10.8. The molecule has 0 radical (unpaired) electrons. The summed E-state index contributed by atoms with van der Waals surface area (Å²) in [6, 6.07) is 5.09. The van der Waals surface area contributed by atoms with Crippen molar-refractivity contribution in [2.75, 3.05) is 11.0 Å². The third kappa shape index (κ3) is 3.20. The summed E-state index contributed by atoms with van der Waals surface area (Å²) in [6.07, 6.45) is 1.86. The van der Waals surface area contributed by atoms with Crippen molar-refractivity contribution in [1.82, 2.24) is 0 Å². The Balaban J connectivity index is 3.09. The van der Waals surface area contributed by atoms with Crippen molar-refractivity contribution >= 4 is 27.3 Å². The lowest BCUT2D eigenvalue weighted by molar-refractivity contribution is 0.606. The van der Waals surface area contributed by atoms with E-state index in [4.69, 9.17) is 11.6 Å². The standard InChI is InChI=1S/C9H12ClNO2S/c1-3-7-6-8(10)4-5-9(7)11-14(2,12)13/h4-6,11H,3H2,1-2H3. The van der Waals surface area contributed by atoms with Gasteiger partial charge in [-0.3, -0.25) is 4.72 Å². The number of hydrogen-bond acceptors (Lipinski definition) is 2. The van der Waals surface area contributed by atoms with Crippen molar-refractivity contribution in [3.05, 3.63) is 28.8 Å². The van der Waals surface area contributed by atoms with Crippen molar-refractivity contribution in [2.24, 2.45) is 0 Å². The molecule has 0 aliphatic rings. The normalized spacial score (nSPS) is 11.4. The Morgan fingerprint density at radius 2 is 2.07 bits per heavy atom. The average Bonchev–Trinajstić information content (AvgIpc) is 2.06. The van der Waals surface area contributed by atoms with Gasteiger partial charge in [-0.25, -0.2) is 8.42 Å². The van der Waals surface area contributed by atoms with Crippen molar-refractivity contribution < 1.29 is 8.42 Å². The Bertz CT molecular complexity index is 428. The monoisotopic (exact) mass is 233 g/mol. The molecule has 0 bridgehead atoms. The minimum atomic E-state index is -3.22. The molecule has 0 spiro atoms. The minimum absolute atomic E-state index is 0.597. The van der Waals surface area contributed by atoms with E-state index in [-0.39, 0.29) is 0 Å². The van der Waals surface area contributed by atoms with E-state index in [0.29, 0.717) is 10.7 Å². The third-order valence-electron chi connectivity index (χ3n) is 1.74. The number of hydrogen-bond donors (Lipinski definition) is 1. The van der Waals surface area contributed by atoms with Crippen LogP contribution in [-0.2, 0) is 16.4 Å². The summed E-state index contributed by atoms with van der Waals surface area (Å²) in [5.41, 5.74) is 1.49. The zero-order valence-electron chi connectivity index (χ0n) is 8.04. The van der Waals surface area contributed by atoms with Gasteiger partial charge in [0.25, 0.3) is 0 Å². The van der Waals surface area contributed by atoms with E-state index >= 15 is 0 Å². The van der Waals surface area contributed by atoms with Crippen LogP contribution < -0.4 is 4.72 Å². The van der Waals surface area contributed by atoms with Crippen LogP contribution in [0.15, 0.2) is 18.2 Å². The molecule has 1 aromatic carbocycles. The van der Waals surface area contributed by atoms with E-state index in [1.54, 1.807) is 18.2 Å². The smallest absolute Gasteiger partial charge is 0.229 e. The predicted molar refractivity (Wildman–Crippen MR) is 59.3 cm³/mol. The highest BCUT2D eigenvalue weighted by atomic mass is 35.5. The summed E-state index contributed by atoms with van der Waals surface area (Å²) < 4.78 is 24.5. The summed E-state index contributed by atoms with van der Waals surface area (Å²) in [5.74, 6) is 0. The molecule has 3 nitrogen and oxygen atoms in total. The first-order valence-electron chi connectivity index (χ1n) is 4.18. The van der Waals surface area contributed by atoms with Crippen molar-refractivity contribution in [2.45, 2.75) is 13.3 Å². The van der Waals surface area contributed by atoms with Crippen LogP contribution in [-0.4, -0.2) is 14.7 Å². The number of aryl methyl sites for hydroxylation is 1. The first-order chi connectivity index (χ1) is 6.42. The Hall–Kier alpha value is -0.740. The number of nitrogens with one attached hydrogen (secondary N) is 1. The molecule has 5 heteroatoms. The zero-order valence-corrected chi connectivity index (χ0v) is 9.61. The topological polar surface area (TPSA) is 46.2 Å². The summed E-state index contributed by atoms with van der Waals surface area (Å²) in [7, 11) is -3.22. The minimum Gasteiger partial charge on any atom is -0.284 e. The molecule has 0 unspecified atom stereocenters. The molecule has 1 N–H and O–H groups in total. The van der Waals surface area contributed by atoms with Gasteiger partial charge in [0.2, 0.25) is 10.0 Å². The van der Waals surface area contributed by atoms with Crippen molar-refractivity contribution in [3.63, 3.8) is 0 Å². The van der Waals surface area contributed by atoms with Crippen LogP contribution in [0.25, 0.3) is 0 Å². The molecule has 0 aromatic heterocycles. The van der Waals surface area contributed by atoms with E-state index < -0.39 is 10.0 Å². The lowest BCUT2D eigenvalue weighted by Gasteiger charge is -2.09. The Labute approximate surface area is 89.1 Å². The van der Waals surface area contributed by atoms with Gasteiger partial charge in [0.15, 0.2) is 0 Å². The second-order valence-corrected chi connectivity index (χ2v) is 5.21. The molecule has 1 aromatic rings. The van der Waals surface area contributed by atoms with Gasteiger partial charge >= 0.3 is 0 Å². The second-order valence-electron chi connectivity index (χ2n) is 3.03. The van der Waals surface area contributed by atoms with E-state index in [2.05, 4.69) is 4.72 Å². The van der Waals surface area contributed by atoms with Gasteiger partial charge in [-0.15, -0.1) is 0 Å². The van der Waals surface area contributed by atoms with E-state index in [9.17, 15) is 8.42 Å². The highest BCUT2D eigenvalue weighted by Gasteiger charge is 2.06. The lowest BCUT2D eigenvalue weighted by Crippen LogP contribution is -2.11. The van der Waals surface area contributed by atoms with Gasteiger partial charge in [0.05, 0.1) is 11.9 Å². The fourth-order valence-corrected chi connectivity index (χ4v) is 1.95. The Morgan fingerprint density at radius 1 is 1.43 bits per heavy atom. The summed E-state index contributed by atoms with van der Waals surface area (Å²) in [5, 5.41) is 0.612. The summed E-state index contributed by atoms with van der Waals surface area (Å²) >= 11 is 5.79.